The van der Waals surface area contributed by atoms with E-state index in [0.717, 1.165) is 23.2 Å². The van der Waals surface area contributed by atoms with E-state index in [0.29, 0.717) is 10.9 Å². The molecule has 0 unspecified atom stereocenters. The first-order valence-corrected chi connectivity index (χ1v) is 8.10. The molecule has 0 aliphatic heterocycles. The number of rotatable bonds is 8. The number of hydrogen-bond donors (Lipinski definition) is 2. The van der Waals surface area contributed by atoms with Crippen molar-refractivity contribution >= 4 is 16.6 Å². The average Bonchev–Trinajstić information content (AvgIpc) is 2.52. The molecule has 1 aromatic carbocycles. The Kier molecular flexibility index (Phi) is 5.81. The predicted molar refractivity (Wildman–Crippen MR) is 91.7 cm³/mol. The molecule has 2 rings (SSSR count). The first-order chi connectivity index (χ1) is 10.6. The monoisotopic (exact) mass is 303 g/mol. The van der Waals surface area contributed by atoms with Crippen molar-refractivity contribution in [3.05, 3.63) is 39.0 Å². The number of H-pyrrole nitrogens is 1. The van der Waals surface area contributed by atoms with Crippen molar-refractivity contribution in [2.24, 2.45) is 7.05 Å². The number of unbranched alkanes of at least 4 members (excludes halogenated alkanes) is 5. The summed E-state index contributed by atoms with van der Waals surface area (Å²) in [4.78, 5) is 26.3. The van der Waals surface area contributed by atoms with Gasteiger partial charge in [0.15, 0.2) is 0 Å². The van der Waals surface area contributed by atoms with Crippen LogP contribution in [0, 0.1) is 0 Å². The van der Waals surface area contributed by atoms with Crippen LogP contribution < -0.4 is 16.6 Å². The minimum atomic E-state index is -0.384. The first kappa shape index (κ1) is 16.3. The van der Waals surface area contributed by atoms with E-state index in [4.69, 9.17) is 0 Å². The van der Waals surface area contributed by atoms with Gasteiger partial charge < -0.3 is 10.3 Å². The summed E-state index contributed by atoms with van der Waals surface area (Å²) in [6, 6.07) is 5.48. The Morgan fingerprint density at radius 2 is 1.82 bits per heavy atom. The minimum absolute atomic E-state index is 0.263. The van der Waals surface area contributed by atoms with Crippen LogP contribution in [-0.4, -0.2) is 16.1 Å². The Labute approximate surface area is 130 Å². The summed E-state index contributed by atoms with van der Waals surface area (Å²) in [7, 11) is 1.48. The molecule has 0 aliphatic carbocycles. The van der Waals surface area contributed by atoms with Crippen molar-refractivity contribution in [1.82, 2.24) is 9.55 Å². The third-order valence-electron chi connectivity index (χ3n) is 3.96. The number of nitrogens with one attached hydrogen (secondary N) is 2. The molecule has 1 heterocycles. The summed E-state index contributed by atoms with van der Waals surface area (Å²) in [5.74, 6) is 0. The predicted octanol–water partition coefficient (Wildman–Crippen LogP) is 3.00. The van der Waals surface area contributed by atoms with Crippen LogP contribution in [0.15, 0.2) is 27.8 Å². The maximum atomic E-state index is 12.0. The number of benzene rings is 1. The molecule has 2 N–H and O–H groups in total. The van der Waals surface area contributed by atoms with Crippen molar-refractivity contribution in [2.45, 2.75) is 45.4 Å². The molecule has 5 nitrogen and oxygen atoms in total. The number of nitrogens with zero attached hydrogens (tertiary/aromatic N) is 1. The van der Waals surface area contributed by atoms with E-state index in [1.54, 1.807) is 6.07 Å². The summed E-state index contributed by atoms with van der Waals surface area (Å²) < 4.78 is 1.09. The lowest BCUT2D eigenvalue weighted by atomic mass is 10.1. The molecule has 0 atom stereocenters. The summed E-state index contributed by atoms with van der Waals surface area (Å²) in [5.41, 5.74) is 0.873. The highest BCUT2D eigenvalue weighted by Crippen LogP contribution is 2.14. The standard InChI is InChI=1S/C17H25N3O2/c1-3-4-5-6-7-8-11-18-13-9-10-14-15(12-13)19-17(22)20(2)16(14)21/h9-10,12,18H,3-8,11H2,1-2H3,(H,19,22). The van der Waals surface area contributed by atoms with Crippen LogP contribution in [0.3, 0.4) is 0 Å². The van der Waals surface area contributed by atoms with E-state index in [-0.39, 0.29) is 11.2 Å². The lowest BCUT2D eigenvalue weighted by Crippen LogP contribution is -2.32. The topological polar surface area (TPSA) is 66.9 Å². The zero-order valence-corrected chi connectivity index (χ0v) is 13.4. The minimum Gasteiger partial charge on any atom is -0.385 e. The molecule has 22 heavy (non-hydrogen) atoms. The van der Waals surface area contributed by atoms with Crippen LogP contribution in [-0.2, 0) is 7.05 Å². The van der Waals surface area contributed by atoms with Crippen LogP contribution in [0.25, 0.3) is 10.9 Å². The van der Waals surface area contributed by atoms with Gasteiger partial charge >= 0.3 is 5.69 Å². The molecule has 0 bridgehead atoms. The molecule has 0 amide bonds. The second kappa shape index (κ2) is 7.82. The van der Waals surface area contributed by atoms with Crippen LogP contribution in [0.2, 0.25) is 0 Å². The Morgan fingerprint density at radius 1 is 1.09 bits per heavy atom. The number of anilines is 1. The molecular formula is C17H25N3O2. The van der Waals surface area contributed by atoms with Crippen molar-refractivity contribution in [2.75, 3.05) is 11.9 Å². The zero-order chi connectivity index (χ0) is 15.9. The average molecular weight is 303 g/mol. The summed E-state index contributed by atoms with van der Waals surface area (Å²) in [5, 5.41) is 3.88. The van der Waals surface area contributed by atoms with Gasteiger partial charge in [0.2, 0.25) is 0 Å². The van der Waals surface area contributed by atoms with E-state index in [9.17, 15) is 9.59 Å². The molecule has 0 saturated heterocycles. The highest BCUT2D eigenvalue weighted by Gasteiger charge is 2.04. The van der Waals surface area contributed by atoms with Crippen LogP contribution in [0.4, 0.5) is 5.69 Å². The number of fused-ring (bicyclic) bond motifs is 1. The summed E-state index contributed by atoms with van der Waals surface area (Å²) in [6.45, 7) is 3.13. The molecule has 0 radical (unpaired) electrons. The summed E-state index contributed by atoms with van der Waals surface area (Å²) >= 11 is 0. The Bertz CT molecular complexity index is 731. The number of hydrogen-bond acceptors (Lipinski definition) is 3. The molecule has 2 aromatic rings. The molecule has 0 saturated carbocycles. The van der Waals surface area contributed by atoms with Crippen LogP contribution in [0.5, 0.6) is 0 Å². The Hall–Kier alpha value is -2.04. The molecular weight excluding hydrogens is 278 g/mol. The van der Waals surface area contributed by atoms with Gasteiger partial charge in [-0.15, -0.1) is 0 Å². The first-order valence-electron chi connectivity index (χ1n) is 8.10. The van der Waals surface area contributed by atoms with Crippen LogP contribution >= 0.6 is 0 Å². The highest BCUT2D eigenvalue weighted by molar-refractivity contribution is 5.81. The second-order valence-corrected chi connectivity index (χ2v) is 5.75. The van der Waals surface area contributed by atoms with Gasteiger partial charge in [0.05, 0.1) is 10.9 Å². The van der Waals surface area contributed by atoms with Crippen molar-refractivity contribution < 1.29 is 0 Å². The van der Waals surface area contributed by atoms with E-state index >= 15 is 0 Å². The fourth-order valence-corrected chi connectivity index (χ4v) is 2.55. The SMILES string of the molecule is CCCCCCCCNc1ccc2c(=O)n(C)c(=O)[nH]c2c1. The number of aromatic nitrogens is 2. The van der Waals surface area contributed by atoms with Gasteiger partial charge in [-0.05, 0) is 24.6 Å². The van der Waals surface area contributed by atoms with Crippen LogP contribution in [0.1, 0.15) is 45.4 Å². The molecule has 0 fully saturated rings. The lowest BCUT2D eigenvalue weighted by Gasteiger charge is -2.08. The maximum absolute atomic E-state index is 12.0. The largest absolute Gasteiger partial charge is 0.385 e. The van der Waals surface area contributed by atoms with Gasteiger partial charge in [0.25, 0.3) is 5.56 Å². The maximum Gasteiger partial charge on any atom is 0.328 e. The summed E-state index contributed by atoms with van der Waals surface area (Å²) in [6.07, 6.45) is 7.56. The van der Waals surface area contributed by atoms with E-state index in [1.165, 1.54) is 39.2 Å². The molecule has 0 aliphatic rings. The van der Waals surface area contributed by atoms with Gasteiger partial charge in [-0.2, -0.15) is 0 Å². The highest BCUT2D eigenvalue weighted by atomic mass is 16.2. The van der Waals surface area contributed by atoms with Gasteiger partial charge in [0, 0.05) is 19.3 Å². The zero-order valence-electron chi connectivity index (χ0n) is 13.4. The van der Waals surface area contributed by atoms with Crippen molar-refractivity contribution in [3.8, 4) is 0 Å². The molecule has 0 spiro atoms. The molecule has 120 valence electrons. The van der Waals surface area contributed by atoms with Gasteiger partial charge in [0.1, 0.15) is 0 Å². The van der Waals surface area contributed by atoms with E-state index in [1.807, 2.05) is 12.1 Å². The van der Waals surface area contributed by atoms with E-state index < -0.39 is 0 Å². The fraction of sp³-hybridized carbons (Fsp3) is 0.529. The fourth-order valence-electron chi connectivity index (χ4n) is 2.55. The number of aromatic amines is 1. The second-order valence-electron chi connectivity index (χ2n) is 5.75. The van der Waals surface area contributed by atoms with Gasteiger partial charge in [-0.25, -0.2) is 4.79 Å². The van der Waals surface area contributed by atoms with Crippen molar-refractivity contribution in [1.29, 1.82) is 0 Å². The lowest BCUT2D eigenvalue weighted by molar-refractivity contribution is 0.617. The molecule has 1 aromatic heterocycles. The quantitative estimate of drug-likeness (QED) is 0.737. The molecule has 5 heteroatoms. The normalized spacial score (nSPS) is 11.0. The van der Waals surface area contributed by atoms with E-state index in [2.05, 4.69) is 17.2 Å². The third kappa shape index (κ3) is 4.00. The Balaban J connectivity index is 1.95. The van der Waals surface area contributed by atoms with Gasteiger partial charge in [-0.1, -0.05) is 39.0 Å². The Morgan fingerprint density at radius 3 is 2.59 bits per heavy atom. The smallest absolute Gasteiger partial charge is 0.328 e. The third-order valence-corrected chi connectivity index (χ3v) is 3.96. The van der Waals surface area contributed by atoms with Crippen molar-refractivity contribution in [3.63, 3.8) is 0 Å². The van der Waals surface area contributed by atoms with Gasteiger partial charge in [-0.3, -0.25) is 9.36 Å².